The van der Waals surface area contributed by atoms with Gasteiger partial charge in [-0.25, -0.2) is 0 Å². The van der Waals surface area contributed by atoms with Crippen LogP contribution in [0.5, 0.6) is 0 Å². The van der Waals surface area contributed by atoms with E-state index >= 15 is 0 Å². The molecule has 0 unspecified atom stereocenters. The lowest BCUT2D eigenvalue weighted by Crippen LogP contribution is -1.79. The van der Waals surface area contributed by atoms with Crippen LogP contribution in [-0.2, 0) is 0 Å². The quantitative estimate of drug-likeness (QED) is 0.489. The van der Waals surface area contributed by atoms with Gasteiger partial charge < -0.3 is 10.5 Å². The van der Waals surface area contributed by atoms with Crippen molar-refractivity contribution in [1.82, 2.24) is 0 Å². The van der Waals surface area contributed by atoms with Gasteiger partial charge in [0.25, 0.3) is 0 Å². The summed E-state index contributed by atoms with van der Waals surface area (Å²) in [5.41, 5.74) is 0.954. The van der Waals surface area contributed by atoms with Crippen molar-refractivity contribution in [1.29, 1.82) is 5.41 Å². The molecule has 0 spiro atoms. The van der Waals surface area contributed by atoms with Gasteiger partial charge in [0.05, 0.1) is 0 Å². The van der Waals surface area contributed by atoms with Crippen LogP contribution in [0.15, 0.2) is 0 Å². The first-order chi connectivity index (χ1) is 3.89. The Morgan fingerprint density at radius 1 is 1.25 bits per heavy atom. The van der Waals surface area contributed by atoms with E-state index in [0.717, 1.165) is 25.7 Å². The summed E-state index contributed by atoms with van der Waals surface area (Å²) < 4.78 is 0. The Hall–Kier alpha value is -0.370. The summed E-state index contributed by atoms with van der Waals surface area (Å²) in [4.78, 5) is 0. The predicted octanol–water partition coefficient (Wildman–Crippen LogP) is 1.19. The smallest absolute Gasteiger partial charge is 0.0319 e. The van der Waals surface area contributed by atoms with Crippen LogP contribution in [-0.4, -0.2) is 17.9 Å². The Labute approximate surface area is 50.0 Å². The molecule has 2 heteroatoms. The summed E-state index contributed by atoms with van der Waals surface area (Å²) in [6, 6.07) is 0. The van der Waals surface area contributed by atoms with Gasteiger partial charge in [-0.15, -0.1) is 0 Å². The Bertz CT molecular complexity index is 62.9. The first-order valence-electron chi connectivity index (χ1n) is 2.90. The maximum atomic E-state index is 7.05. The van der Waals surface area contributed by atoms with Crippen LogP contribution in [0.4, 0.5) is 0 Å². The number of aliphatic hydroxyl groups is 1. The summed E-state index contributed by atoms with van der Waals surface area (Å²) in [5.74, 6) is 0. The molecule has 1 saturated carbocycles. The van der Waals surface area contributed by atoms with E-state index in [9.17, 15) is 0 Å². The molecular weight excluding hydrogens is 102 g/mol. The number of aliphatic hydroxyl groups excluding tert-OH is 1. The van der Waals surface area contributed by atoms with E-state index in [1.807, 2.05) is 0 Å². The minimum Gasteiger partial charge on any atom is -0.400 e. The SMILES string of the molecule is CO.N=C1CCCC1. The van der Waals surface area contributed by atoms with Crippen LogP contribution in [0.25, 0.3) is 0 Å². The van der Waals surface area contributed by atoms with Crippen LogP contribution >= 0.6 is 0 Å². The van der Waals surface area contributed by atoms with E-state index in [-0.39, 0.29) is 0 Å². The number of hydrogen-bond donors (Lipinski definition) is 2. The topological polar surface area (TPSA) is 44.1 Å². The van der Waals surface area contributed by atoms with E-state index in [4.69, 9.17) is 10.5 Å². The van der Waals surface area contributed by atoms with E-state index in [1.54, 1.807) is 0 Å². The van der Waals surface area contributed by atoms with Crippen LogP contribution in [0.2, 0.25) is 0 Å². The maximum Gasteiger partial charge on any atom is 0.0319 e. The van der Waals surface area contributed by atoms with Crippen molar-refractivity contribution in [2.24, 2.45) is 0 Å². The van der Waals surface area contributed by atoms with Crippen LogP contribution in [0.1, 0.15) is 25.7 Å². The van der Waals surface area contributed by atoms with E-state index in [2.05, 4.69) is 0 Å². The Kier molecular flexibility index (Phi) is 4.56. The maximum absolute atomic E-state index is 7.05. The lowest BCUT2D eigenvalue weighted by molar-refractivity contribution is 0.399. The number of nitrogens with one attached hydrogen (secondary N) is 1. The van der Waals surface area contributed by atoms with Gasteiger partial charge >= 0.3 is 0 Å². The third-order valence-corrected chi connectivity index (χ3v) is 1.21. The Balaban J connectivity index is 0.000000222. The summed E-state index contributed by atoms with van der Waals surface area (Å²) in [7, 11) is 1.00. The molecule has 0 radical (unpaired) electrons. The molecule has 8 heavy (non-hydrogen) atoms. The van der Waals surface area contributed by atoms with Crippen molar-refractivity contribution in [3.05, 3.63) is 0 Å². The first kappa shape index (κ1) is 7.63. The molecule has 0 heterocycles. The molecule has 0 aromatic carbocycles. The number of hydrogen-bond acceptors (Lipinski definition) is 2. The molecule has 1 rings (SSSR count). The zero-order valence-electron chi connectivity index (χ0n) is 5.28. The van der Waals surface area contributed by atoms with E-state index in [1.165, 1.54) is 12.8 Å². The highest BCUT2D eigenvalue weighted by Crippen LogP contribution is 2.11. The second kappa shape index (κ2) is 4.78. The second-order valence-electron chi connectivity index (χ2n) is 1.81. The molecule has 0 bridgehead atoms. The van der Waals surface area contributed by atoms with Gasteiger partial charge in [0, 0.05) is 12.8 Å². The van der Waals surface area contributed by atoms with Crippen molar-refractivity contribution < 1.29 is 5.11 Å². The summed E-state index contributed by atoms with van der Waals surface area (Å²) >= 11 is 0. The third-order valence-electron chi connectivity index (χ3n) is 1.21. The Morgan fingerprint density at radius 3 is 1.75 bits per heavy atom. The van der Waals surface area contributed by atoms with Crippen LogP contribution in [0, 0.1) is 5.41 Å². The van der Waals surface area contributed by atoms with E-state index in [0.29, 0.717) is 0 Å². The zero-order valence-corrected chi connectivity index (χ0v) is 5.28. The highest BCUT2D eigenvalue weighted by molar-refractivity contribution is 5.82. The van der Waals surface area contributed by atoms with Gasteiger partial charge in [0.2, 0.25) is 0 Å². The molecule has 0 aromatic heterocycles. The molecule has 0 aromatic rings. The normalized spacial score (nSPS) is 17.5. The number of rotatable bonds is 0. The largest absolute Gasteiger partial charge is 0.400 e. The van der Waals surface area contributed by atoms with Crippen molar-refractivity contribution in [2.75, 3.05) is 7.11 Å². The standard InChI is InChI=1S/C5H9N.CH4O/c6-5-3-1-2-4-5;1-2/h6H,1-4H2;2H,1H3. The first-order valence-corrected chi connectivity index (χ1v) is 2.90. The molecule has 0 atom stereocenters. The molecule has 0 saturated heterocycles. The summed E-state index contributed by atoms with van der Waals surface area (Å²) in [5, 5.41) is 14.0. The molecule has 0 aliphatic heterocycles. The third kappa shape index (κ3) is 2.75. The zero-order chi connectivity index (χ0) is 6.41. The fraction of sp³-hybridized carbons (Fsp3) is 0.833. The monoisotopic (exact) mass is 115 g/mol. The molecular formula is C6H13NO. The highest BCUT2D eigenvalue weighted by atomic mass is 16.2. The molecule has 1 fully saturated rings. The van der Waals surface area contributed by atoms with Crippen LogP contribution in [0.3, 0.4) is 0 Å². The van der Waals surface area contributed by atoms with Gasteiger partial charge in [0.15, 0.2) is 0 Å². The Morgan fingerprint density at radius 2 is 1.62 bits per heavy atom. The van der Waals surface area contributed by atoms with Crippen LogP contribution < -0.4 is 0 Å². The molecule has 0 amide bonds. The van der Waals surface area contributed by atoms with Gasteiger partial charge in [-0.2, -0.15) is 0 Å². The van der Waals surface area contributed by atoms with Gasteiger partial charge in [0.1, 0.15) is 0 Å². The molecule has 1 aliphatic carbocycles. The van der Waals surface area contributed by atoms with E-state index < -0.39 is 0 Å². The minimum atomic E-state index is 0.954. The van der Waals surface area contributed by atoms with Crippen molar-refractivity contribution in [3.63, 3.8) is 0 Å². The fourth-order valence-electron chi connectivity index (χ4n) is 0.802. The summed E-state index contributed by atoms with van der Waals surface area (Å²) in [6.07, 6.45) is 4.66. The lowest BCUT2D eigenvalue weighted by Gasteiger charge is -1.77. The van der Waals surface area contributed by atoms with Crippen molar-refractivity contribution in [3.8, 4) is 0 Å². The van der Waals surface area contributed by atoms with Crippen molar-refractivity contribution >= 4 is 5.71 Å². The fourth-order valence-corrected chi connectivity index (χ4v) is 0.802. The summed E-state index contributed by atoms with van der Waals surface area (Å²) in [6.45, 7) is 0. The lowest BCUT2D eigenvalue weighted by atomic mass is 10.3. The van der Waals surface area contributed by atoms with Crippen molar-refractivity contribution in [2.45, 2.75) is 25.7 Å². The molecule has 2 nitrogen and oxygen atoms in total. The predicted molar refractivity (Wildman–Crippen MR) is 34.3 cm³/mol. The van der Waals surface area contributed by atoms with Gasteiger partial charge in [-0.3, -0.25) is 0 Å². The van der Waals surface area contributed by atoms with Gasteiger partial charge in [-0.05, 0) is 25.7 Å². The minimum absolute atomic E-state index is 0.954. The average Bonchev–Trinajstić information content (AvgIpc) is 2.24. The molecule has 2 N–H and O–H groups in total. The molecule has 48 valence electrons. The molecule has 1 aliphatic rings. The highest BCUT2D eigenvalue weighted by Gasteiger charge is 2.03. The second-order valence-corrected chi connectivity index (χ2v) is 1.81. The average molecular weight is 115 g/mol. The van der Waals surface area contributed by atoms with Gasteiger partial charge in [-0.1, -0.05) is 0 Å².